The summed E-state index contributed by atoms with van der Waals surface area (Å²) in [4.78, 5) is 0. The molecule has 0 aromatic rings. The van der Waals surface area contributed by atoms with Gasteiger partial charge in [0.1, 0.15) is 0 Å². The summed E-state index contributed by atoms with van der Waals surface area (Å²) < 4.78 is 24.6. The fourth-order valence-electron chi connectivity index (χ4n) is 1.82. The first-order valence-electron chi connectivity index (χ1n) is 4.47. The minimum atomic E-state index is -2.95. The second-order valence-electron chi connectivity index (χ2n) is 3.66. The topological polar surface area (TPSA) is 37.4 Å². The number of nitrogens with zero attached hydrogens (tertiary/aromatic N) is 1. The van der Waals surface area contributed by atoms with E-state index in [2.05, 4.69) is 6.92 Å². The molecule has 1 aliphatic rings. The summed E-state index contributed by atoms with van der Waals surface area (Å²) in [6, 6.07) is 0.199. The van der Waals surface area contributed by atoms with Crippen LogP contribution in [0.5, 0.6) is 0 Å². The number of hydrogen-bond donors (Lipinski definition) is 0. The van der Waals surface area contributed by atoms with E-state index in [1.54, 1.807) is 11.2 Å². The summed E-state index contributed by atoms with van der Waals surface area (Å²) in [6.07, 6.45) is 0.999. The third-order valence-corrected chi connectivity index (χ3v) is 4.40. The van der Waals surface area contributed by atoms with E-state index < -0.39 is 10.0 Å². The standard InChI is InChI=1S/C8H17NO2S/c1-4-12(10,11)9-6-7(2)5-8(9)3/h7-8H,4-6H2,1-3H3. The van der Waals surface area contributed by atoms with Gasteiger partial charge in [0.2, 0.25) is 10.0 Å². The highest BCUT2D eigenvalue weighted by Crippen LogP contribution is 2.25. The molecule has 1 heterocycles. The molecule has 0 spiro atoms. The van der Waals surface area contributed by atoms with Crippen molar-refractivity contribution in [1.82, 2.24) is 4.31 Å². The van der Waals surface area contributed by atoms with Gasteiger partial charge in [-0.3, -0.25) is 0 Å². The van der Waals surface area contributed by atoms with E-state index in [-0.39, 0.29) is 11.8 Å². The second-order valence-corrected chi connectivity index (χ2v) is 5.87. The van der Waals surface area contributed by atoms with Crippen LogP contribution in [-0.4, -0.2) is 31.1 Å². The molecule has 0 aromatic heterocycles. The van der Waals surface area contributed by atoms with Gasteiger partial charge in [-0.15, -0.1) is 0 Å². The Labute approximate surface area is 74.8 Å². The van der Waals surface area contributed by atoms with Gasteiger partial charge in [-0.25, -0.2) is 8.42 Å². The van der Waals surface area contributed by atoms with Crippen LogP contribution in [0.25, 0.3) is 0 Å². The first-order chi connectivity index (χ1) is 5.47. The lowest BCUT2D eigenvalue weighted by Gasteiger charge is -2.19. The predicted octanol–water partition coefficient (Wildman–Crippen LogP) is 1.07. The summed E-state index contributed by atoms with van der Waals surface area (Å²) in [6.45, 7) is 6.49. The number of hydrogen-bond acceptors (Lipinski definition) is 2. The predicted molar refractivity (Wildman–Crippen MR) is 49.4 cm³/mol. The molecular weight excluding hydrogens is 174 g/mol. The molecule has 12 heavy (non-hydrogen) atoms. The van der Waals surface area contributed by atoms with Crippen LogP contribution < -0.4 is 0 Å². The lowest BCUT2D eigenvalue weighted by atomic mass is 10.1. The molecule has 1 fully saturated rings. The molecular formula is C8H17NO2S. The summed E-state index contributed by atoms with van der Waals surface area (Å²) >= 11 is 0. The first kappa shape index (κ1) is 9.99. The summed E-state index contributed by atoms with van der Waals surface area (Å²) in [5.74, 6) is 0.741. The van der Waals surface area contributed by atoms with E-state index >= 15 is 0 Å². The van der Waals surface area contributed by atoms with Gasteiger partial charge in [0.05, 0.1) is 5.75 Å². The summed E-state index contributed by atoms with van der Waals surface area (Å²) in [5, 5.41) is 0. The zero-order valence-corrected chi connectivity index (χ0v) is 8.76. The van der Waals surface area contributed by atoms with Crippen molar-refractivity contribution in [2.75, 3.05) is 12.3 Å². The quantitative estimate of drug-likeness (QED) is 0.654. The fourth-order valence-corrected chi connectivity index (χ4v) is 3.26. The van der Waals surface area contributed by atoms with Gasteiger partial charge in [-0.2, -0.15) is 4.31 Å². The van der Waals surface area contributed by atoms with Gasteiger partial charge in [0.25, 0.3) is 0 Å². The van der Waals surface area contributed by atoms with Crippen molar-refractivity contribution in [3.05, 3.63) is 0 Å². The van der Waals surface area contributed by atoms with Crippen molar-refractivity contribution in [2.24, 2.45) is 5.92 Å². The maximum absolute atomic E-state index is 11.5. The van der Waals surface area contributed by atoms with Crippen molar-refractivity contribution in [1.29, 1.82) is 0 Å². The van der Waals surface area contributed by atoms with Gasteiger partial charge in [-0.1, -0.05) is 6.92 Å². The molecule has 3 nitrogen and oxygen atoms in total. The molecule has 0 amide bonds. The Morgan fingerprint density at radius 3 is 2.33 bits per heavy atom. The average molecular weight is 191 g/mol. The molecule has 0 saturated carbocycles. The van der Waals surface area contributed by atoms with E-state index in [1.807, 2.05) is 6.92 Å². The number of sulfonamides is 1. The zero-order chi connectivity index (χ0) is 9.35. The highest BCUT2D eigenvalue weighted by atomic mass is 32.2. The lowest BCUT2D eigenvalue weighted by Crippen LogP contribution is -2.35. The van der Waals surface area contributed by atoms with Gasteiger partial charge in [0.15, 0.2) is 0 Å². The van der Waals surface area contributed by atoms with E-state index in [4.69, 9.17) is 0 Å². The third-order valence-electron chi connectivity index (χ3n) is 2.45. The molecule has 0 bridgehead atoms. The van der Waals surface area contributed by atoms with Crippen LogP contribution in [-0.2, 0) is 10.0 Å². The normalized spacial score (nSPS) is 32.6. The maximum Gasteiger partial charge on any atom is 0.214 e. The Morgan fingerprint density at radius 1 is 1.42 bits per heavy atom. The van der Waals surface area contributed by atoms with Crippen molar-refractivity contribution >= 4 is 10.0 Å². The van der Waals surface area contributed by atoms with Crippen LogP contribution in [0.4, 0.5) is 0 Å². The van der Waals surface area contributed by atoms with Crippen LogP contribution in [0.3, 0.4) is 0 Å². The minimum Gasteiger partial charge on any atom is -0.212 e. The molecule has 4 heteroatoms. The van der Waals surface area contributed by atoms with Crippen LogP contribution in [0.15, 0.2) is 0 Å². The average Bonchev–Trinajstić information content (AvgIpc) is 2.31. The Kier molecular flexibility index (Phi) is 2.78. The van der Waals surface area contributed by atoms with Gasteiger partial charge in [0, 0.05) is 12.6 Å². The van der Waals surface area contributed by atoms with Crippen molar-refractivity contribution in [3.8, 4) is 0 Å². The highest BCUT2D eigenvalue weighted by Gasteiger charge is 2.33. The third kappa shape index (κ3) is 1.80. The van der Waals surface area contributed by atoms with Crippen molar-refractivity contribution in [3.63, 3.8) is 0 Å². The van der Waals surface area contributed by atoms with Crippen LogP contribution in [0.2, 0.25) is 0 Å². The van der Waals surface area contributed by atoms with Crippen LogP contribution in [0, 0.1) is 5.92 Å². The molecule has 0 aliphatic carbocycles. The Bertz CT molecular complexity index is 248. The SMILES string of the molecule is CCS(=O)(=O)N1CC(C)CC1C. The molecule has 72 valence electrons. The molecule has 2 unspecified atom stereocenters. The van der Waals surface area contributed by atoms with Crippen LogP contribution >= 0.6 is 0 Å². The maximum atomic E-state index is 11.5. The van der Waals surface area contributed by atoms with Gasteiger partial charge in [-0.05, 0) is 26.2 Å². The van der Waals surface area contributed by atoms with Crippen molar-refractivity contribution in [2.45, 2.75) is 33.2 Å². The smallest absolute Gasteiger partial charge is 0.212 e. The van der Waals surface area contributed by atoms with Crippen molar-refractivity contribution < 1.29 is 8.42 Å². The highest BCUT2D eigenvalue weighted by molar-refractivity contribution is 7.89. The molecule has 0 N–H and O–H groups in total. The summed E-state index contributed by atoms with van der Waals surface area (Å²) in [7, 11) is -2.95. The van der Waals surface area contributed by atoms with Crippen LogP contribution in [0.1, 0.15) is 27.2 Å². The molecule has 1 saturated heterocycles. The zero-order valence-electron chi connectivity index (χ0n) is 7.95. The largest absolute Gasteiger partial charge is 0.214 e. The molecule has 1 aliphatic heterocycles. The molecule has 2 atom stereocenters. The Morgan fingerprint density at radius 2 is 2.00 bits per heavy atom. The molecule has 0 aromatic carbocycles. The van der Waals surface area contributed by atoms with E-state index in [0.29, 0.717) is 12.5 Å². The Balaban J connectivity index is 2.77. The minimum absolute atomic E-state index is 0.199. The van der Waals surface area contributed by atoms with E-state index in [0.717, 1.165) is 6.42 Å². The van der Waals surface area contributed by atoms with E-state index in [9.17, 15) is 8.42 Å². The number of rotatable bonds is 2. The van der Waals surface area contributed by atoms with Gasteiger partial charge >= 0.3 is 0 Å². The molecule has 0 radical (unpaired) electrons. The first-order valence-corrected chi connectivity index (χ1v) is 6.07. The lowest BCUT2D eigenvalue weighted by molar-refractivity contribution is 0.406. The summed E-state index contributed by atoms with van der Waals surface area (Å²) in [5.41, 5.74) is 0. The molecule has 1 rings (SSSR count). The Hall–Kier alpha value is -0.0900. The van der Waals surface area contributed by atoms with Gasteiger partial charge < -0.3 is 0 Å². The second kappa shape index (κ2) is 3.34. The van der Waals surface area contributed by atoms with E-state index in [1.165, 1.54) is 0 Å². The monoisotopic (exact) mass is 191 g/mol. The fraction of sp³-hybridized carbons (Fsp3) is 1.00.